The molecule has 7 nitrogen and oxygen atoms in total. The molecule has 0 bridgehead atoms. The molecule has 0 aromatic heterocycles. The van der Waals surface area contributed by atoms with Crippen LogP contribution in [0.5, 0.6) is 0 Å². The molecule has 2 heterocycles. The first-order valence-corrected chi connectivity index (χ1v) is 11.3. The summed E-state index contributed by atoms with van der Waals surface area (Å²) in [6.45, 7) is 1.90. The zero-order valence-corrected chi connectivity index (χ0v) is 15.7. The van der Waals surface area contributed by atoms with Crippen molar-refractivity contribution in [3.05, 3.63) is 35.1 Å². The van der Waals surface area contributed by atoms with Crippen molar-refractivity contribution in [2.75, 3.05) is 31.7 Å². The second-order valence-electron chi connectivity index (χ2n) is 6.55. The van der Waals surface area contributed by atoms with Crippen LogP contribution in [0.4, 0.5) is 4.39 Å². The van der Waals surface area contributed by atoms with Crippen molar-refractivity contribution in [1.82, 2.24) is 8.61 Å². The topological polar surface area (TPSA) is 84.0 Å². The Kier molecular flexibility index (Phi) is 4.93. The van der Waals surface area contributed by atoms with E-state index in [1.165, 1.54) is 20.7 Å². The van der Waals surface area contributed by atoms with Gasteiger partial charge in [0.1, 0.15) is 5.82 Å². The molecule has 0 aliphatic carbocycles. The number of rotatable bonds is 3. The van der Waals surface area contributed by atoms with Gasteiger partial charge in [-0.05, 0) is 30.2 Å². The van der Waals surface area contributed by atoms with Crippen molar-refractivity contribution < 1.29 is 26.0 Å². The van der Waals surface area contributed by atoms with Crippen molar-refractivity contribution in [2.24, 2.45) is 0 Å². The molecule has 2 saturated heterocycles. The average Bonchev–Trinajstić information content (AvgIpc) is 2.83. The number of ether oxygens (including phenoxy) is 1. The van der Waals surface area contributed by atoms with E-state index in [1.807, 2.05) is 0 Å². The third-order valence-electron chi connectivity index (χ3n) is 4.51. The van der Waals surface area contributed by atoms with Gasteiger partial charge >= 0.3 is 0 Å². The molecule has 140 valence electrons. The molecule has 1 aromatic carbocycles. The molecule has 0 saturated carbocycles. The monoisotopic (exact) mass is 392 g/mol. The summed E-state index contributed by atoms with van der Waals surface area (Å²) in [5.74, 6) is -0.605. The van der Waals surface area contributed by atoms with Crippen LogP contribution in [0.3, 0.4) is 0 Å². The SMILES string of the molecule is Cc1cc(F)cc(CN2[C@@H]3CN(S(C)(=O)=O)C[C@@H]3OCCS2(=O)=O)c1. The number of hydrogen-bond acceptors (Lipinski definition) is 5. The molecule has 0 spiro atoms. The van der Waals surface area contributed by atoms with Gasteiger partial charge in [-0.15, -0.1) is 0 Å². The zero-order valence-electron chi connectivity index (χ0n) is 14.1. The van der Waals surface area contributed by atoms with Gasteiger partial charge < -0.3 is 4.74 Å². The number of halogens is 1. The summed E-state index contributed by atoms with van der Waals surface area (Å²) >= 11 is 0. The Labute approximate surface area is 147 Å². The second kappa shape index (κ2) is 6.58. The lowest BCUT2D eigenvalue weighted by atomic mass is 10.1. The van der Waals surface area contributed by atoms with Crippen molar-refractivity contribution in [2.45, 2.75) is 25.6 Å². The zero-order chi connectivity index (χ0) is 18.4. The molecular formula is C15H21FN2O5S2. The lowest BCUT2D eigenvalue weighted by Crippen LogP contribution is -2.45. The highest BCUT2D eigenvalue weighted by Crippen LogP contribution is 2.28. The average molecular weight is 392 g/mol. The number of benzene rings is 1. The Bertz CT molecular complexity index is 852. The van der Waals surface area contributed by atoms with E-state index in [0.717, 1.165) is 6.26 Å². The molecule has 10 heteroatoms. The quantitative estimate of drug-likeness (QED) is 0.739. The summed E-state index contributed by atoms with van der Waals surface area (Å²) in [6, 6.07) is 3.77. The fraction of sp³-hybridized carbons (Fsp3) is 0.600. The summed E-state index contributed by atoms with van der Waals surface area (Å²) in [5, 5.41) is 0. The van der Waals surface area contributed by atoms with Gasteiger partial charge in [-0.1, -0.05) is 6.07 Å². The van der Waals surface area contributed by atoms with Gasteiger partial charge in [0.15, 0.2) is 0 Å². The van der Waals surface area contributed by atoms with E-state index in [9.17, 15) is 21.2 Å². The summed E-state index contributed by atoms with van der Waals surface area (Å²) in [7, 11) is -7.09. The summed E-state index contributed by atoms with van der Waals surface area (Å²) in [6.07, 6.45) is 0.564. The van der Waals surface area contributed by atoms with E-state index in [-0.39, 0.29) is 32.0 Å². The second-order valence-corrected chi connectivity index (χ2v) is 10.6. The van der Waals surface area contributed by atoms with Crippen molar-refractivity contribution in [3.63, 3.8) is 0 Å². The van der Waals surface area contributed by atoms with Crippen molar-refractivity contribution >= 4 is 20.0 Å². The van der Waals surface area contributed by atoms with Gasteiger partial charge in [-0.25, -0.2) is 21.2 Å². The van der Waals surface area contributed by atoms with E-state index in [2.05, 4.69) is 0 Å². The van der Waals surface area contributed by atoms with Crippen LogP contribution in [0.2, 0.25) is 0 Å². The van der Waals surface area contributed by atoms with Crippen molar-refractivity contribution in [1.29, 1.82) is 0 Å². The van der Waals surface area contributed by atoms with Crippen LogP contribution in [-0.4, -0.2) is 69.3 Å². The minimum absolute atomic E-state index is 0.0109. The van der Waals surface area contributed by atoms with Gasteiger partial charge in [-0.2, -0.15) is 8.61 Å². The predicted molar refractivity (Wildman–Crippen MR) is 90.4 cm³/mol. The maximum atomic E-state index is 13.7. The Morgan fingerprint density at radius 3 is 2.64 bits per heavy atom. The molecule has 3 rings (SSSR count). The number of fused-ring (bicyclic) bond motifs is 1. The van der Waals surface area contributed by atoms with Crippen LogP contribution >= 0.6 is 0 Å². The molecule has 2 aliphatic heterocycles. The first-order chi connectivity index (χ1) is 11.6. The third kappa shape index (κ3) is 4.03. The first-order valence-electron chi connectivity index (χ1n) is 7.88. The van der Waals surface area contributed by atoms with E-state index >= 15 is 0 Å². The smallest absolute Gasteiger partial charge is 0.217 e. The Balaban J connectivity index is 1.95. The van der Waals surface area contributed by atoms with E-state index in [1.54, 1.807) is 13.0 Å². The van der Waals surface area contributed by atoms with Crippen LogP contribution < -0.4 is 0 Å². The Hall–Kier alpha value is -1.07. The molecule has 0 N–H and O–H groups in total. The van der Waals surface area contributed by atoms with Gasteiger partial charge in [0, 0.05) is 19.6 Å². The lowest BCUT2D eigenvalue weighted by Gasteiger charge is -2.28. The minimum Gasteiger partial charge on any atom is -0.374 e. The molecule has 0 radical (unpaired) electrons. The molecule has 0 amide bonds. The minimum atomic E-state index is -3.64. The van der Waals surface area contributed by atoms with Crippen LogP contribution in [0.25, 0.3) is 0 Å². The highest BCUT2D eigenvalue weighted by molar-refractivity contribution is 7.89. The molecule has 2 aliphatic rings. The number of hydrogen-bond donors (Lipinski definition) is 0. The maximum Gasteiger partial charge on any atom is 0.217 e. The standard InChI is InChI=1S/C15H21FN2O5S2/c1-11-5-12(7-13(16)6-11)8-18-14-9-17(24(2,19)20)10-15(14)23-3-4-25(18,21)22/h5-7,14-15H,3-4,8-10H2,1-2H3/t14-,15+/m1/s1. The summed E-state index contributed by atoms with van der Waals surface area (Å²) in [4.78, 5) is 0. The van der Waals surface area contributed by atoms with Gasteiger partial charge in [0.25, 0.3) is 0 Å². The Morgan fingerprint density at radius 2 is 2.00 bits per heavy atom. The number of aryl methyl sites for hydroxylation is 1. The highest BCUT2D eigenvalue weighted by Gasteiger charge is 2.46. The van der Waals surface area contributed by atoms with Crippen LogP contribution in [0, 0.1) is 12.7 Å². The van der Waals surface area contributed by atoms with Gasteiger partial charge in [0.2, 0.25) is 20.0 Å². The Morgan fingerprint density at radius 1 is 1.28 bits per heavy atom. The van der Waals surface area contributed by atoms with Gasteiger partial charge in [-0.3, -0.25) is 0 Å². The number of sulfonamides is 2. The fourth-order valence-corrected chi connectivity index (χ4v) is 5.70. The predicted octanol–water partition coefficient (Wildman–Crippen LogP) is 0.309. The largest absolute Gasteiger partial charge is 0.374 e. The van der Waals surface area contributed by atoms with Crippen LogP contribution in [0.15, 0.2) is 18.2 Å². The number of nitrogens with zero attached hydrogens (tertiary/aromatic N) is 2. The van der Waals surface area contributed by atoms with E-state index in [0.29, 0.717) is 11.1 Å². The van der Waals surface area contributed by atoms with Crippen LogP contribution in [-0.2, 0) is 31.3 Å². The lowest BCUT2D eigenvalue weighted by molar-refractivity contribution is 0.0480. The third-order valence-corrected chi connectivity index (χ3v) is 7.55. The normalized spacial score (nSPS) is 27.8. The molecule has 25 heavy (non-hydrogen) atoms. The van der Waals surface area contributed by atoms with Crippen molar-refractivity contribution in [3.8, 4) is 0 Å². The summed E-state index contributed by atoms with van der Waals surface area (Å²) < 4.78 is 70.7. The molecule has 0 unspecified atom stereocenters. The van der Waals surface area contributed by atoms with Gasteiger partial charge in [0.05, 0.1) is 30.8 Å². The van der Waals surface area contributed by atoms with Crippen LogP contribution in [0.1, 0.15) is 11.1 Å². The van der Waals surface area contributed by atoms with E-state index in [4.69, 9.17) is 4.74 Å². The molecule has 1 aromatic rings. The molecule has 2 atom stereocenters. The first kappa shape index (κ1) is 18.7. The maximum absolute atomic E-state index is 13.7. The molecule has 2 fully saturated rings. The van der Waals surface area contributed by atoms with E-state index < -0.39 is 38.0 Å². The highest BCUT2D eigenvalue weighted by atomic mass is 32.2. The summed E-state index contributed by atoms with van der Waals surface area (Å²) in [5.41, 5.74) is 1.22. The molecular weight excluding hydrogens is 371 g/mol. The fourth-order valence-electron chi connectivity index (χ4n) is 3.36.